The van der Waals surface area contributed by atoms with Crippen LogP contribution in [0.15, 0.2) is 12.4 Å². The van der Waals surface area contributed by atoms with E-state index in [1.165, 1.54) is 17.0 Å². The first kappa shape index (κ1) is 11.9. The monoisotopic (exact) mass is 245 g/mol. The number of imidazole rings is 1. The lowest BCUT2D eigenvalue weighted by Crippen LogP contribution is -2.26. The molecule has 1 N–H and O–H groups in total. The zero-order chi connectivity index (χ0) is 12.6. The lowest BCUT2D eigenvalue weighted by atomic mass is 10.0. The minimum atomic E-state index is -0.980. The van der Waals surface area contributed by atoms with Crippen molar-refractivity contribution in [3.05, 3.63) is 22.5 Å². The molecule has 0 bridgehead atoms. The standard InChI is InChI=1S/C9H12FN3O4/c1-5-7(14)6(4-10)17-8(5)12-3-2-11-9(12)13(15)16/h2-3,5-8,14H,4H2,1H3. The number of alkyl halides is 1. The molecule has 1 aliphatic heterocycles. The van der Waals surface area contributed by atoms with E-state index in [1.54, 1.807) is 6.92 Å². The molecule has 0 saturated carbocycles. The fraction of sp³-hybridized carbons (Fsp3) is 0.667. The highest BCUT2D eigenvalue weighted by Gasteiger charge is 2.45. The molecule has 0 aliphatic carbocycles. The van der Waals surface area contributed by atoms with E-state index >= 15 is 0 Å². The fourth-order valence-corrected chi connectivity index (χ4v) is 1.98. The zero-order valence-corrected chi connectivity index (χ0v) is 9.06. The van der Waals surface area contributed by atoms with Crippen molar-refractivity contribution in [3.8, 4) is 0 Å². The molecular weight excluding hydrogens is 233 g/mol. The Hall–Kier alpha value is -1.54. The number of aliphatic hydroxyl groups excluding tert-OH is 1. The molecule has 4 unspecified atom stereocenters. The normalized spacial score (nSPS) is 32.9. The Morgan fingerprint density at radius 2 is 2.47 bits per heavy atom. The number of hydrogen-bond donors (Lipinski definition) is 1. The number of aromatic nitrogens is 2. The van der Waals surface area contributed by atoms with Crippen molar-refractivity contribution in [2.45, 2.75) is 25.4 Å². The first-order valence-electron chi connectivity index (χ1n) is 5.13. The minimum Gasteiger partial charge on any atom is -0.390 e. The molecule has 1 aromatic heterocycles. The summed E-state index contributed by atoms with van der Waals surface area (Å²) >= 11 is 0. The molecule has 17 heavy (non-hydrogen) atoms. The summed E-state index contributed by atoms with van der Waals surface area (Å²) in [7, 11) is 0. The molecule has 1 saturated heterocycles. The van der Waals surface area contributed by atoms with Crippen LogP contribution in [0, 0.1) is 16.0 Å². The van der Waals surface area contributed by atoms with Crippen LogP contribution < -0.4 is 0 Å². The van der Waals surface area contributed by atoms with Crippen LogP contribution in [0.1, 0.15) is 13.2 Å². The molecule has 2 rings (SSSR count). The Balaban J connectivity index is 2.29. The van der Waals surface area contributed by atoms with E-state index in [-0.39, 0.29) is 5.95 Å². The van der Waals surface area contributed by atoms with Gasteiger partial charge in [-0.05, 0) is 4.92 Å². The third-order valence-electron chi connectivity index (χ3n) is 2.92. The first-order chi connectivity index (χ1) is 8.06. The van der Waals surface area contributed by atoms with E-state index < -0.39 is 36.0 Å². The molecule has 4 atom stereocenters. The number of halogens is 1. The predicted molar refractivity (Wildman–Crippen MR) is 53.9 cm³/mol. The van der Waals surface area contributed by atoms with Gasteiger partial charge >= 0.3 is 5.95 Å². The van der Waals surface area contributed by atoms with Crippen LogP contribution in [0.5, 0.6) is 0 Å². The summed E-state index contributed by atoms with van der Waals surface area (Å²) in [6, 6.07) is 0. The highest BCUT2D eigenvalue weighted by molar-refractivity contribution is 5.09. The molecule has 7 nitrogen and oxygen atoms in total. The van der Waals surface area contributed by atoms with Gasteiger partial charge in [-0.1, -0.05) is 11.9 Å². The molecule has 0 aromatic carbocycles. The SMILES string of the molecule is CC1C(O)C(CF)OC1n1ccnc1[N+](=O)[O-]. The molecule has 1 fully saturated rings. The summed E-state index contributed by atoms with van der Waals surface area (Å²) in [6.45, 7) is 0.819. The quantitative estimate of drug-likeness (QED) is 0.623. The molecular formula is C9H12FN3O4. The minimum absolute atomic E-state index is 0.381. The van der Waals surface area contributed by atoms with Gasteiger partial charge in [0.1, 0.15) is 25.2 Å². The maximum Gasteiger partial charge on any atom is 0.436 e. The Labute approximate surface area is 96.0 Å². The van der Waals surface area contributed by atoms with Crippen LogP contribution >= 0.6 is 0 Å². The molecule has 0 radical (unpaired) electrons. The summed E-state index contributed by atoms with van der Waals surface area (Å²) in [5, 5.41) is 20.4. The van der Waals surface area contributed by atoms with Gasteiger partial charge < -0.3 is 20.0 Å². The average molecular weight is 245 g/mol. The van der Waals surface area contributed by atoms with Crippen molar-refractivity contribution >= 4 is 5.95 Å². The summed E-state index contributed by atoms with van der Waals surface area (Å²) in [4.78, 5) is 13.6. The van der Waals surface area contributed by atoms with Gasteiger partial charge in [-0.2, -0.15) is 0 Å². The first-order valence-corrected chi connectivity index (χ1v) is 5.13. The van der Waals surface area contributed by atoms with Gasteiger partial charge in [0.15, 0.2) is 6.23 Å². The summed E-state index contributed by atoms with van der Waals surface area (Å²) in [6.07, 6.45) is -0.0478. The topological polar surface area (TPSA) is 90.4 Å². The molecule has 1 aromatic rings. The number of nitro groups is 1. The maximum absolute atomic E-state index is 12.6. The lowest BCUT2D eigenvalue weighted by molar-refractivity contribution is -0.398. The van der Waals surface area contributed by atoms with Gasteiger partial charge in [0.25, 0.3) is 0 Å². The lowest BCUT2D eigenvalue weighted by Gasteiger charge is -2.14. The third-order valence-corrected chi connectivity index (χ3v) is 2.92. The van der Waals surface area contributed by atoms with Crippen LogP contribution in [-0.2, 0) is 4.74 Å². The number of rotatable bonds is 3. The van der Waals surface area contributed by atoms with E-state index in [2.05, 4.69) is 4.98 Å². The van der Waals surface area contributed by atoms with Gasteiger partial charge in [0, 0.05) is 5.92 Å². The van der Waals surface area contributed by atoms with Crippen molar-refractivity contribution in [3.63, 3.8) is 0 Å². The number of nitrogens with zero attached hydrogens (tertiary/aromatic N) is 3. The molecule has 0 amide bonds. The second kappa shape index (κ2) is 4.38. The van der Waals surface area contributed by atoms with E-state index in [9.17, 15) is 19.6 Å². The van der Waals surface area contributed by atoms with Crippen molar-refractivity contribution in [1.29, 1.82) is 0 Å². The van der Waals surface area contributed by atoms with E-state index in [0.29, 0.717) is 0 Å². The average Bonchev–Trinajstić information content (AvgIpc) is 2.86. The highest BCUT2D eigenvalue weighted by atomic mass is 19.1. The van der Waals surface area contributed by atoms with Gasteiger partial charge in [0.2, 0.25) is 0 Å². The van der Waals surface area contributed by atoms with Crippen LogP contribution in [0.3, 0.4) is 0 Å². The highest BCUT2D eigenvalue weighted by Crippen LogP contribution is 2.36. The molecule has 2 heterocycles. The molecule has 0 spiro atoms. The van der Waals surface area contributed by atoms with Gasteiger partial charge in [-0.15, -0.1) is 0 Å². The largest absolute Gasteiger partial charge is 0.436 e. The van der Waals surface area contributed by atoms with E-state index in [1.807, 2.05) is 0 Å². The molecule has 1 aliphatic rings. The van der Waals surface area contributed by atoms with Crippen molar-refractivity contribution in [2.24, 2.45) is 5.92 Å². The Bertz CT molecular complexity index is 424. The van der Waals surface area contributed by atoms with Crippen molar-refractivity contribution < 1.29 is 19.2 Å². The molecule has 94 valence electrons. The second-order valence-corrected chi connectivity index (χ2v) is 3.96. The smallest absolute Gasteiger partial charge is 0.390 e. The van der Waals surface area contributed by atoms with E-state index in [0.717, 1.165) is 0 Å². The Morgan fingerprint density at radius 1 is 1.76 bits per heavy atom. The van der Waals surface area contributed by atoms with Crippen LogP contribution in [0.25, 0.3) is 0 Å². The Morgan fingerprint density at radius 3 is 3.00 bits per heavy atom. The van der Waals surface area contributed by atoms with Gasteiger partial charge in [-0.25, -0.2) is 8.96 Å². The third kappa shape index (κ3) is 1.89. The fourth-order valence-electron chi connectivity index (χ4n) is 1.98. The van der Waals surface area contributed by atoms with E-state index in [4.69, 9.17) is 4.74 Å². The predicted octanol–water partition coefficient (Wildman–Crippen LogP) is 0.655. The molecule has 8 heteroatoms. The zero-order valence-electron chi connectivity index (χ0n) is 9.06. The van der Waals surface area contributed by atoms with Crippen LogP contribution in [0.2, 0.25) is 0 Å². The maximum atomic E-state index is 12.6. The Kier molecular flexibility index (Phi) is 3.07. The number of hydrogen-bond acceptors (Lipinski definition) is 5. The second-order valence-electron chi connectivity index (χ2n) is 3.96. The summed E-state index contributed by atoms with van der Waals surface area (Å²) in [5.41, 5.74) is 0. The number of aliphatic hydroxyl groups is 1. The number of ether oxygens (including phenoxy) is 1. The van der Waals surface area contributed by atoms with Crippen molar-refractivity contribution in [1.82, 2.24) is 9.55 Å². The van der Waals surface area contributed by atoms with Crippen molar-refractivity contribution in [2.75, 3.05) is 6.67 Å². The van der Waals surface area contributed by atoms with Gasteiger partial charge in [0.05, 0.1) is 6.10 Å². The van der Waals surface area contributed by atoms with Crippen LogP contribution in [0.4, 0.5) is 10.3 Å². The summed E-state index contributed by atoms with van der Waals surface area (Å²) in [5.74, 6) is -0.822. The van der Waals surface area contributed by atoms with Crippen LogP contribution in [-0.4, -0.2) is 38.5 Å². The summed E-state index contributed by atoms with van der Waals surface area (Å²) < 4.78 is 19.0. The van der Waals surface area contributed by atoms with Gasteiger partial charge in [-0.3, -0.25) is 0 Å².